The van der Waals surface area contributed by atoms with Crippen LogP contribution in [0.1, 0.15) is 6.23 Å². The van der Waals surface area contributed by atoms with Crippen molar-refractivity contribution in [3.05, 3.63) is 11.6 Å². The van der Waals surface area contributed by atoms with Gasteiger partial charge in [-0.3, -0.25) is 4.57 Å². The van der Waals surface area contributed by atoms with E-state index in [1.54, 1.807) is 0 Å². The summed E-state index contributed by atoms with van der Waals surface area (Å²) in [7, 11) is 2.07. The van der Waals surface area contributed by atoms with Crippen molar-refractivity contribution in [2.75, 3.05) is 45.3 Å². The molecule has 0 aromatic carbocycles. The number of aromatic nitrogens is 4. The normalized spacial score (nSPS) is 30.3. The topological polar surface area (TPSA) is 132 Å². The van der Waals surface area contributed by atoms with E-state index in [9.17, 15) is 15.3 Å². The van der Waals surface area contributed by atoms with Gasteiger partial charge in [-0.1, -0.05) is 0 Å². The van der Waals surface area contributed by atoms with Crippen LogP contribution < -0.4 is 5.43 Å². The Morgan fingerprint density at radius 1 is 1.22 bits per heavy atom. The van der Waals surface area contributed by atoms with Crippen molar-refractivity contribution in [1.29, 1.82) is 0 Å². The van der Waals surface area contributed by atoms with Crippen molar-refractivity contribution in [3.8, 4) is 0 Å². The average molecular weight is 400 g/mol. The Kier molecular flexibility index (Phi) is 5.16. The number of imidazole rings is 1. The first kappa shape index (κ1) is 18.7. The number of halogens is 1. The van der Waals surface area contributed by atoms with Crippen LogP contribution in [0.2, 0.25) is 5.28 Å². The van der Waals surface area contributed by atoms with Crippen LogP contribution in [0.15, 0.2) is 6.33 Å². The number of piperazine rings is 1. The quantitative estimate of drug-likeness (QED) is 0.458. The minimum absolute atomic E-state index is 0.0209. The number of rotatable bonds is 4. The maximum Gasteiger partial charge on any atom is 0.226 e. The van der Waals surface area contributed by atoms with E-state index in [0.717, 1.165) is 26.2 Å². The molecule has 2 saturated heterocycles. The molecule has 4 rings (SSSR count). The molecule has 2 aliphatic rings. The predicted octanol–water partition coefficient (Wildman–Crippen LogP) is -1.33. The molecule has 11 nitrogen and oxygen atoms in total. The third kappa shape index (κ3) is 3.47. The number of hydrogen-bond acceptors (Lipinski definition) is 10. The second kappa shape index (κ2) is 7.43. The number of aliphatic hydroxyl groups excluding tert-OH is 3. The molecule has 2 aliphatic heterocycles. The fourth-order valence-corrected chi connectivity index (χ4v) is 3.50. The molecular formula is C15H22ClN7O4. The molecular weight excluding hydrogens is 378 g/mol. The zero-order chi connectivity index (χ0) is 19.1. The molecule has 4 atom stereocenters. The van der Waals surface area contributed by atoms with Crippen molar-refractivity contribution < 1.29 is 20.1 Å². The molecule has 4 N–H and O–H groups in total. The van der Waals surface area contributed by atoms with E-state index in [0.29, 0.717) is 17.0 Å². The number of hydrazine groups is 1. The SMILES string of the molecule is CN1CCN(Nc2nc(Cl)nc3c2ncn3[C@@H]2O[C@H](CO)C(O)C2O)CC1. The van der Waals surface area contributed by atoms with Crippen LogP contribution in [0.3, 0.4) is 0 Å². The highest BCUT2D eigenvalue weighted by molar-refractivity contribution is 6.28. The number of ether oxygens (including phenoxy) is 1. The van der Waals surface area contributed by atoms with Gasteiger partial charge in [0, 0.05) is 26.2 Å². The van der Waals surface area contributed by atoms with Gasteiger partial charge < -0.3 is 30.4 Å². The van der Waals surface area contributed by atoms with Gasteiger partial charge in [0.05, 0.1) is 12.9 Å². The number of fused-ring (bicyclic) bond motifs is 1. The molecule has 148 valence electrons. The van der Waals surface area contributed by atoms with Crippen molar-refractivity contribution in [1.82, 2.24) is 29.4 Å². The van der Waals surface area contributed by atoms with E-state index in [4.69, 9.17) is 16.3 Å². The number of nitrogens with one attached hydrogen (secondary N) is 1. The van der Waals surface area contributed by atoms with Gasteiger partial charge in [-0.05, 0) is 18.6 Å². The molecule has 2 aromatic heterocycles. The number of likely N-dealkylation sites (N-methyl/N-ethyl adjacent to an activating group) is 1. The van der Waals surface area contributed by atoms with Gasteiger partial charge in [0.1, 0.15) is 18.3 Å². The number of anilines is 1. The fraction of sp³-hybridized carbons (Fsp3) is 0.667. The molecule has 27 heavy (non-hydrogen) atoms. The van der Waals surface area contributed by atoms with Gasteiger partial charge >= 0.3 is 0 Å². The van der Waals surface area contributed by atoms with Crippen molar-refractivity contribution >= 4 is 28.6 Å². The average Bonchev–Trinajstić information content (AvgIpc) is 3.18. The van der Waals surface area contributed by atoms with Gasteiger partial charge in [-0.2, -0.15) is 9.97 Å². The third-order valence-electron chi connectivity index (χ3n) is 4.95. The van der Waals surface area contributed by atoms with Crippen LogP contribution in [0.4, 0.5) is 5.82 Å². The third-order valence-corrected chi connectivity index (χ3v) is 5.12. The highest BCUT2D eigenvalue weighted by Gasteiger charge is 2.44. The summed E-state index contributed by atoms with van der Waals surface area (Å²) < 4.78 is 7.05. The van der Waals surface area contributed by atoms with Crippen LogP contribution in [0, 0.1) is 0 Å². The van der Waals surface area contributed by atoms with Crippen molar-refractivity contribution in [3.63, 3.8) is 0 Å². The van der Waals surface area contributed by atoms with Gasteiger partial charge in [0.25, 0.3) is 0 Å². The highest BCUT2D eigenvalue weighted by atomic mass is 35.5. The molecule has 0 radical (unpaired) electrons. The van der Waals surface area contributed by atoms with Crippen LogP contribution in [-0.2, 0) is 4.74 Å². The molecule has 0 amide bonds. The summed E-state index contributed by atoms with van der Waals surface area (Å²) in [6, 6.07) is 0. The Hall–Kier alpha value is -1.60. The van der Waals surface area contributed by atoms with Crippen LogP contribution in [0.5, 0.6) is 0 Å². The lowest BCUT2D eigenvalue weighted by atomic mass is 10.1. The van der Waals surface area contributed by atoms with Crippen molar-refractivity contribution in [2.24, 2.45) is 0 Å². The second-order valence-electron chi connectivity index (χ2n) is 6.80. The maximum atomic E-state index is 10.3. The molecule has 2 fully saturated rings. The highest BCUT2D eigenvalue weighted by Crippen LogP contribution is 2.32. The van der Waals surface area contributed by atoms with E-state index in [1.807, 2.05) is 5.01 Å². The minimum atomic E-state index is -1.23. The Labute approximate surface area is 160 Å². The summed E-state index contributed by atoms with van der Waals surface area (Å²) in [5.41, 5.74) is 4.06. The lowest BCUT2D eigenvalue weighted by molar-refractivity contribution is -0.0511. The van der Waals surface area contributed by atoms with E-state index in [-0.39, 0.29) is 5.28 Å². The van der Waals surface area contributed by atoms with E-state index in [2.05, 4.69) is 32.3 Å². The Bertz CT molecular complexity index is 813. The number of nitrogens with zero attached hydrogens (tertiary/aromatic N) is 6. The molecule has 0 aliphatic carbocycles. The predicted molar refractivity (Wildman–Crippen MR) is 96.0 cm³/mol. The number of aliphatic hydroxyl groups is 3. The summed E-state index contributed by atoms with van der Waals surface area (Å²) in [5, 5.41) is 31.6. The molecule has 0 bridgehead atoms. The van der Waals surface area contributed by atoms with Gasteiger partial charge in [-0.25, -0.2) is 9.99 Å². The van der Waals surface area contributed by atoms with Gasteiger partial charge in [-0.15, -0.1) is 0 Å². The first-order valence-corrected chi connectivity index (χ1v) is 9.08. The fourth-order valence-electron chi connectivity index (χ4n) is 3.33. The summed E-state index contributed by atoms with van der Waals surface area (Å²) in [6.07, 6.45) is -2.82. The first-order chi connectivity index (χ1) is 13.0. The molecule has 0 saturated carbocycles. The zero-order valence-corrected chi connectivity index (χ0v) is 15.5. The summed E-state index contributed by atoms with van der Waals surface area (Å²) in [6.45, 7) is 3.06. The largest absolute Gasteiger partial charge is 0.394 e. The van der Waals surface area contributed by atoms with Gasteiger partial charge in [0.15, 0.2) is 23.2 Å². The van der Waals surface area contributed by atoms with Crippen LogP contribution >= 0.6 is 11.6 Å². The lowest BCUT2D eigenvalue weighted by Crippen LogP contribution is -2.47. The monoisotopic (exact) mass is 399 g/mol. The van der Waals surface area contributed by atoms with Crippen molar-refractivity contribution in [2.45, 2.75) is 24.5 Å². The molecule has 2 aromatic rings. The zero-order valence-electron chi connectivity index (χ0n) is 14.7. The Balaban J connectivity index is 1.64. The smallest absolute Gasteiger partial charge is 0.226 e. The second-order valence-corrected chi connectivity index (χ2v) is 7.13. The molecule has 0 spiro atoms. The Morgan fingerprint density at radius 2 is 1.96 bits per heavy atom. The summed E-state index contributed by atoms with van der Waals surface area (Å²) >= 11 is 6.10. The molecule has 12 heteroatoms. The van der Waals surface area contributed by atoms with E-state index in [1.165, 1.54) is 10.9 Å². The molecule has 2 unspecified atom stereocenters. The summed E-state index contributed by atoms with van der Waals surface area (Å²) in [5.74, 6) is 0.458. The van der Waals surface area contributed by atoms with Crippen LogP contribution in [0.25, 0.3) is 11.2 Å². The maximum absolute atomic E-state index is 10.3. The van der Waals surface area contributed by atoms with Gasteiger partial charge in [0.2, 0.25) is 5.28 Å². The lowest BCUT2D eigenvalue weighted by Gasteiger charge is -2.32. The minimum Gasteiger partial charge on any atom is -0.394 e. The van der Waals surface area contributed by atoms with Crippen LogP contribution in [-0.4, -0.2) is 103 Å². The Morgan fingerprint density at radius 3 is 2.63 bits per heavy atom. The van der Waals surface area contributed by atoms with E-state index >= 15 is 0 Å². The standard InChI is InChI=1S/C15H22ClN7O4/c1-21-2-4-22(5-3-21)20-12-9-13(19-15(16)18-12)23(7-17-9)14-11(26)10(25)8(6-24)27-14/h7-8,10-11,14,24-26H,2-6H2,1H3,(H,18,19,20)/t8-,10?,11?,14-/m1/s1. The van der Waals surface area contributed by atoms with E-state index < -0.39 is 31.1 Å². The number of hydrogen-bond donors (Lipinski definition) is 4. The summed E-state index contributed by atoms with van der Waals surface area (Å²) in [4.78, 5) is 15.0. The first-order valence-electron chi connectivity index (χ1n) is 8.70. The molecule has 4 heterocycles.